The van der Waals surface area contributed by atoms with E-state index in [0.29, 0.717) is 15.8 Å². The molecule has 0 unspecified atom stereocenters. The van der Waals surface area contributed by atoms with E-state index < -0.39 is 4.92 Å². The summed E-state index contributed by atoms with van der Waals surface area (Å²) in [5, 5.41) is 20.0. The Morgan fingerprint density at radius 3 is 2.86 bits per heavy atom. The minimum atomic E-state index is -0.621. The summed E-state index contributed by atoms with van der Waals surface area (Å²) >= 11 is 0.955. The quantitative estimate of drug-likeness (QED) is 0.428. The third-order valence-corrected chi connectivity index (χ3v) is 2.83. The predicted octanol–water partition coefficient (Wildman–Crippen LogP) is 2.10. The lowest BCUT2D eigenvalue weighted by atomic mass is 10.2. The van der Waals surface area contributed by atoms with Crippen LogP contribution in [0.15, 0.2) is 18.2 Å². The molecular weight excluding hydrogens is 204 g/mol. The summed E-state index contributed by atoms with van der Waals surface area (Å²) in [6.07, 6.45) is 0. The van der Waals surface area contributed by atoms with Gasteiger partial charge in [0, 0.05) is 10.4 Å². The Morgan fingerprint density at radius 2 is 2.21 bits per heavy atom. The molecule has 2 rings (SSSR count). The van der Waals surface area contributed by atoms with E-state index in [1.54, 1.807) is 18.2 Å². The molecule has 0 atom stereocenters. The Labute approximate surface area is 82.5 Å². The molecule has 1 aromatic carbocycles. The van der Waals surface area contributed by atoms with E-state index in [2.05, 4.69) is 0 Å². The highest BCUT2D eigenvalue weighted by atomic mass is 32.1. The van der Waals surface area contributed by atoms with Crippen LogP contribution in [0.1, 0.15) is 0 Å². The summed E-state index contributed by atoms with van der Waals surface area (Å²) in [5.41, 5.74) is 5.61. The Hall–Kier alpha value is -1.82. The molecule has 0 fully saturated rings. The lowest BCUT2D eigenvalue weighted by Gasteiger charge is -1.94. The van der Waals surface area contributed by atoms with Gasteiger partial charge in [0.2, 0.25) is 0 Å². The average molecular weight is 210 g/mol. The highest BCUT2D eigenvalue weighted by Gasteiger charge is 2.23. The smallest absolute Gasteiger partial charge is 0.332 e. The number of thiophene rings is 1. The number of nitrogens with two attached hydrogens (primary N) is 1. The molecule has 3 N–H and O–H groups in total. The zero-order valence-corrected chi connectivity index (χ0v) is 7.75. The van der Waals surface area contributed by atoms with Crippen LogP contribution in [0.5, 0.6) is 5.06 Å². The number of nitrogen functional groups attached to an aromatic ring is 1. The van der Waals surface area contributed by atoms with Crippen molar-refractivity contribution in [2.45, 2.75) is 0 Å². The highest BCUT2D eigenvalue weighted by molar-refractivity contribution is 7.21. The van der Waals surface area contributed by atoms with Crippen molar-refractivity contribution in [3.63, 3.8) is 0 Å². The SMILES string of the molecule is Nc1cccc2sc(O)c([N+](=O)[O-])c12. The van der Waals surface area contributed by atoms with Gasteiger partial charge in [-0.15, -0.1) is 0 Å². The Balaban J connectivity index is 2.93. The first-order chi connectivity index (χ1) is 6.61. The lowest BCUT2D eigenvalue weighted by Crippen LogP contribution is -1.90. The number of hydrogen-bond acceptors (Lipinski definition) is 5. The van der Waals surface area contributed by atoms with Gasteiger partial charge < -0.3 is 10.8 Å². The number of rotatable bonds is 1. The van der Waals surface area contributed by atoms with Crippen LogP contribution in [0.25, 0.3) is 10.1 Å². The maximum Gasteiger partial charge on any atom is 0.332 e. The molecule has 0 aliphatic rings. The van der Waals surface area contributed by atoms with Crippen LogP contribution in [0, 0.1) is 10.1 Å². The van der Waals surface area contributed by atoms with Crippen LogP contribution in [0.2, 0.25) is 0 Å². The zero-order valence-electron chi connectivity index (χ0n) is 6.93. The second-order valence-electron chi connectivity index (χ2n) is 2.73. The minimum absolute atomic E-state index is 0.303. The van der Waals surface area contributed by atoms with Crippen molar-refractivity contribution in [2.75, 3.05) is 5.73 Å². The summed E-state index contributed by atoms with van der Waals surface area (Å²) in [6, 6.07) is 4.95. The molecule has 72 valence electrons. The van der Waals surface area contributed by atoms with Crippen LogP contribution in [0.3, 0.4) is 0 Å². The van der Waals surface area contributed by atoms with E-state index >= 15 is 0 Å². The monoisotopic (exact) mass is 210 g/mol. The van der Waals surface area contributed by atoms with Gasteiger partial charge in [-0.3, -0.25) is 10.1 Å². The third-order valence-electron chi connectivity index (χ3n) is 1.89. The first kappa shape index (κ1) is 8.76. The largest absolute Gasteiger partial charge is 0.495 e. The van der Waals surface area contributed by atoms with Crippen molar-refractivity contribution in [3.05, 3.63) is 28.3 Å². The van der Waals surface area contributed by atoms with Crippen LogP contribution >= 0.6 is 11.3 Å². The van der Waals surface area contributed by atoms with Crippen molar-refractivity contribution < 1.29 is 10.0 Å². The van der Waals surface area contributed by atoms with E-state index in [-0.39, 0.29) is 10.8 Å². The van der Waals surface area contributed by atoms with Gasteiger partial charge in [-0.25, -0.2) is 0 Å². The average Bonchev–Trinajstić information content (AvgIpc) is 2.42. The number of hydrogen-bond donors (Lipinski definition) is 2. The third kappa shape index (κ3) is 1.08. The fraction of sp³-hybridized carbons (Fsp3) is 0. The second kappa shape index (κ2) is 2.85. The van der Waals surface area contributed by atoms with Gasteiger partial charge in [0.15, 0.2) is 0 Å². The predicted molar refractivity (Wildman–Crippen MR) is 54.6 cm³/mol. The number of nitrogens with zero attached hydrogens (tertiary/aromatic N) is 1. The molecular formula is C8H6N2O3S. The number of nitro groups is 1. The molecule has 0 aliphatic heterocycles. The van der Waals surface area contributed by atoms with Crippen LogP contribution < -0.4 is 5.73 Å². The summed E-state index contributed by atoms with van der Waals surface area (Å²) < 4.78 is 0.620. The normalized spacial score (nSPS) is 10.6. The van der Waals surface area contributed by atoms with Crippen molar-refractivity contribution >= 4 is 32.8 Å². The van der Waals surface area contributed by atoms with Gasteiger partial charge in [0.1, 0.15) is 0 Å². The van der Waals surface area contributed by atoms with Gasteiger partial charge in [-0.05, 0) is 12.1 Å². The van der Waals surface area contributed by atoms with Crippen molar-refractivity contribution in [1.29, 1.82) is 0 Å². The van der Waals surface area contributed by atoms with Gasteiger partial charge in [-0.1, -0.05) is 17.4 Å². The van der Waals surface area contributed by atoms with Gasteiger partial charge in [-0.2, -0.15) is 0 Å². The van der Waals surface area contributed by atoms with Crippen molar-refractivity contribution in [1.82, 2.24) is 0 Å². The summed E-state index contributed by atoms with van der Waals surface area (Å²) in [7, 11) is 0. The van der Waals surface area contributed by atoms with E-state index in [1.165, 1.54) is 0 Å². The lowest BCUT2D eigenvalue weighted by molar-refractivity contribution is -0.383. The molecule has 0 spiro atoms. The topological polar surface area (TPSA) is 89.4 Å². The number of anilines is 1. The number of aromatic hydroxyl groups is 1. The van der Waals surface area contributed by atoms with E-state index in [0.717, 1.165) is 11.3 Å². The molecule has 0 aliphatic carbocycles. The van der Waals surface area contributed by atoms with Gasteiger partial charge in [0.05, 0.1) is 10.3 Å². The Bertz CT molecular complexity index is 521. The van der Waals surface area contributed by atoms with Gasteiger partial charge in [0.25, 0.3) is 5.06 Å². The van der Waals surface area contributed by atoms with Crippen LogP contribution in [-0.4, -0.2) is 10.0 Å². The fourth-order valence-electron chi connectivity index (χ4n) is 1.32. The van der Waals surface area contributed by atoms with Crippen molar-refractivity contribution in [2.24, 2.45) is 0 Å². The maximum absolute atomic E-state index is 10.6. The Kier molecular flexibility index (Phi) is 1.78. The summed E-state index contributed by atoms with van der Waals surface area (Å²) in [4.78, 5) is 10.0. The summed E-state index contributed by atoms with van der Waals surface area (Å²) in [6.45, 7) is 0. The molecule has 0 amide bonds. The number of benzene rings is 1. The molecule has 2 aromatic rings. The molecule has 14 heavy (non-hydrogen) atoms. The van der Waals surface area contributed by atoms with E-state index in [1.807, 2.05) is 0 Å². The molecule has 0 bridgehead atoms. The minimum Gasteiger partial charge on any atom is -0.495 e. The zero-order chi connectivity index (χ0) is 10.3. The Morgan fingerprint density at radius 1 is 1.50 bits per heavy atom. The molecule has 6 heteroatoms. The van der Waals surface area contributed by atoms with Gasteiger partial charge >= 0.3 is 5.69 Å². The maximum atomic E-state index is 10.6. The van der Waals surface area contributed by atoms with Crippen LogP contribution in [-0.2, 0) is 0 Å². The molecule has 0 radical (unpaired) electrons. The van der Waals surface area contributed by atoms with E-state index in [9.17, 15) is 15.2 Å². The first-order valence-electron chi connectivity index (χ1n) is 3.75. The first-order valence-corrected chi connectivity index (χ1v) is 4.57. The molecule has 1 aromatic heterocycles. The van der Waals surface area contributed by atoms with Crippen molar-refractivity contribution in [3.8, 4) is 5.06 Å². The second-order valence-corrected chi connectivity index (χ2v) is 3.76. The summed E-state index contributed by atoms with van der Waals surface area (Å²) in [5.74, 6) is 0. The molecule has 5 nitrogen and oxygen atoms in total. The number of fused-ring (bicyclic) bond motifs is 1. The molecule has 0 saturated carbocycles. The fourth-order valence-corrected chi connectivity index (χ4v) is 2.26. The van der Waals surface area contributed by atoms with E-state index in [4.69, 9.17) is 5.73 Å². The highest BCUT2D eigenvalue weighted by Crippen LogP contribution is 2.44. The standard InChI is InChI=1S/C8H6N2O3S/c9-4-2-1-3-5-6(4)7(10(12)13)8(11)14-5/h1-3,11H,9H2. The molecule has 0 saturated heterocycles. The van der Waals surface area contributed by atoms with Crippen LogP contribution in [0.4, 0.5) is 11.4 Å². The molecule has 1 heterocycles.